The van der Waals surface area contributed by atoms with Crippen LogP contribution in [0.2, 0.25) is 0 Å². The highest BCUT2D eigenvalue weighted by atomic mass is 16.5. The summed E-state index contributed by atoms with van der Waals surface area (Å²) in [4.78, 5) is 12.1. The number of benzene rings is 1. The lowest BCUT2D eigenvalue weighted by atomic mass is 10.1. The number of carbonyl (C=O) groups excluding carboxylic acids is 1. The van der Waals surface area contributed by atoms with Gasteiger partial charge in [0.2, 0.25) is 5.91 Å². The molecule has 0 aromatic heterocycles. The van der Waals surface area contributed by atoms with E-state index >= 15 is 0 Å². The first-order chi connectivity index (χ1) is 9.97. The van der Waals surface area contributed by atoms with Gasteiger partial charge in [0.1, 0.15) is 5.75 Å². The Morgan fingerprint density at radius 3 is 2.33 bits per heavy atom. The quantitative estimate of drug-likeness (QED) is 0.774. The summed E-state index contributed by atoms with van der Waals surface area (Å²) < 4.78 is 5.15. The van der Waals surface area contributed by atoms with Crippen LogP contribution < -0.4 is 15.4 Å². The maximum absolute atomic E-state index is 12.1. The summed E-state index contributed by atoms with van der Waals surface area (Å²) in [6.07, 6.45) is 2.08. The lowest BCUT2D eigenvalue weighted by Gasteiger charge is -2.22. The Kier molecular flexibility index (Phi) is 7.23. The second-order valence-corrected chi connectivity index (χ2v) is 5.58. The Hall–Kier alpha value is -1.55. The number of hydrogen-bond acceptors (Lipinski definition) is 3. The molecule has 0 radical (unpaired) electrons. The first-order valence-corrected chi connectivity index (χ1v) is 7.68. The van der Waals surface area contributed by atoms with E-state index in [1.165, 1.54) is 0 Å². The Balaban J connectivity index is 2.52. The first kappa shape index (κ1) is 17.5. The van der Waals surface area contributed by atoms with Crippen molar-refractivity contribution < 1.29 is 9.53 Å². The average Bonchev–Trinajstić information content (AvgIpc) is 2.47. The number of methoxy groups -OCH3 is 1. The highest BCUT2D eigenvalue weighted by molar-refractivity contribution is 5.81. The molecule has 4 nitrogen and oxygen atoms in total. The van der Waals surface area contributed by atoms with Crippen molar-refractivity contribution in [3.63, 3.8) is 0 Å². The van der Waals surface area contributed by atoms with Crippen LogP contribution in [0.3, 0.4) is 0 Å². The summed E-state index contributed by atoms with van der Waals surface area (Å²) in [6, 6.07) is 8.01. The Morgan fingerprint density at radius 2 is 1.81 bits per heavy atom. The van der Waals surface area contributed by atoms with Gasteiger partial charge in [-0.15, -0.1) is 0 Å². The second-order valence-electron chi connectivity index (χ2n) is 5.58. The zero-order chi connectivity index (χ0) is 15.8. The van der Waals surface area contributed by atoms with Gasteiger partial charge in [0.05, 0.1) is 13.2 Å². The van der Waals surface area contributed by atoms with Gasteiger partial charge in [0.15, 0.2) is 0 Å². The minimum absolute atomic E-state index is 0.0521. The number of carbonyl (C=O) groups is 1. The molecule has 1 aromatic rings. The van der Waals surface area contributed by atoms with Crippen molar-refractivity contribution in [1.29, 1.82) is 0 Å². The Bertz CT molecular complexity index is 431. The highest BCUT2D eigenvalue weighted by Gasteiger charge is 2.17. The summed E-state index contributed by atoms with van der Waals surface area (Å²) in [5, 5.41) is 6.36. The molecule has 2 N–H and O–H groups in total. The van der Waals surface area contributed by atoms with Crippen LogP contribution in [0.4, 0.5) is 0 Å². The van der Waals surface area contributed by atoms with Crippen molar-refractivity contribution >= 4 is 5.91 Å². The summed E-state index contributed by atoms with van der Waals surface area (Å²) in [6.45, 7) is 8.12. The van der Waals surface area contributed by atoms with Crippen LogP contribution in [0, 0.1) is 0 Å². The van der Waals surface area contributed by atoms with Gasteiger partial charge in [0, 0.05) is 12.1 Å². The van der Waals surface area contributed by atoms with Gasteiger partial charge < -0.3 is 10.1 Å². The molecule has 3 unspecified atom stereocenters. The van der Waals surface area contributed by atoms with Gasteiger partial charge in [-0.05, 0) is 44.9 Å². The van der Waals surface area contributed by atoms with E-state index in [0.29, 0.717) is 0 Å². The van der Waals surface area contributed by atoms with E-state index in [1.807, 2.05) is 38.1 Å². The Labute approximate surface area is 128 Å². The fourth-order valence-corrected chi connectivity index (χ4v) is 2.31. The molecule has 0 spiro atoms. The lowest BCUT2D eigenvalue weighted by Crippen LogP contribution is -2.46. The van der Waals surface area contributed by atoms with E-state index in [0.717, 1.165) is 24.2 Å². The van der Waals surface area contributed by atoms with Crippen LogP contribution in [-0.2, 0) is 4.79 Å². The molecular formula is C17H28N2O2. The number of amides is 1. The second kappa shape index (κ2) is 8.67. The minimum atomic E-state index is -0.221. The van der Waals surface area contributed by atoms with Crippen LogP contribution in [0.25, 0.3) is 0 Å². The van der Waals surface area contributed by atoms with Gasteiger partial charge in [-0.2, -0.15) is 0 Å². The Morgan fingerprint density at radius 1 is 1.19 bits per heavy atom. The third-order valence-electron chi connectivity index (χ3n) is 3.62. The van der Waals surface area contributed by atoms with E-state index in [9.17, 15) is 4.79 Å². The van der Waals surface area contributed by atoms with Gasteiger partial charge in [-0.3, -0.25) is 10.1 Å². The molecule has 4 heteroatoms. The fourth-order valence-electron chi connectivity index (χ4n) is 2.31. The molecule has 0 saturated carbocycles. The van der Waals surface area contributed by atoms with Crippen molar-refractivity contribution in [2.45, 2.75) is 58.7 Å². The predicted octanol–water partition coefficient (Wildman–Crippen LogP) is 3.04. The summed E-state index contributed by atoms with van der Waals surface area (Å²) in [7, 11) is 1.65. The number of nitrogens with one attached hydrogen (secondary N) is 2. The van der Waals surface area contributed by atoms with E-state index in [-0.39, 0.29) is 24.0 Å². The van der Waals surface area contributed by atoms with Crippen molar-refractivity contribution in [3.05, 3.63) is 29.8 Å². The summed E-state index contributed by atoms with van der Waals surface area (Å²) in [5.41, 5.74) is 1.14. The third-order valence-corrected chi connectivity index (χ3v) is 3.62. The topological polar surface area (TPSA) is 50.4 Å². The number of ether oxygens (including phenoxy) is 1. The van der Waals surface area contributed by atoms with Crippen LogP contribution >= 0.6 is 0 Å². The fraction of sp³-hybridized carbons (Fsp3) is 0.588. The monoisotopic (exact) mass is 292 g/mol. The SMILES string of the molecule is CCCC(C)NC(=O)C(C)NC(C)c1ccc(OC)cc1. The van der Waals surface area contributed by atoms with E-state index in [1.54, 1.807) is 7.11 Å². The van der Waals surface area contributed by atoms with Gasteiger partial charge >= 0.3 is 0 Å². The standard InChI is InChI=1S/C17H28N2O2/c1-6-7-12(2)18-17(20)14(4)19-13(3)15-8-10-16(21-5)11-9-15/h8-14,19H,6-7H2,1-5H3,(H,18,20). The molecule has 0 aliphatic rings. The molecule has 0 fully saturated rings. The smallest absolute Gasteiger partial charge is 0.237 e. The minimum Gasteiger partial charge on any atom is -0.497 e. The third kappa shape index (κ3) is 5.76. The molecule has 0 aliphatic heterocycles. The molecule has 0 heterocycles. The van der Waals surface area contributed by atoms with E-state index in [2.05, 4.69) is 24.5 Å². The average molecular weight is 292 g/mol. The summed E-state index contributed by atoms with van der Waals surface area (Å²) in [5.74, 6) is 0.890. The van der Waals surface area contributed by atoms with Crippen LogP contribution in [-0.4, -0.2) is 25.1 Å². The molecule has 118 valence electrons. The first-order valence-electron chi connectivity index (χ1n) is 7.68. The molecule has 0 bridgehead atoms. The van der Waals surface area contributed by atoms with Crippen molar-refractivity contribution in [1.82, 2.24) is 10.6 Å². The van der Waals surface area contributed by atoms with Crippen LogP contribution in [0.15, 0.2) is 24.3 Å². The van der Waals surface area contributed by atoms with E-state index < -0.39 is 0 Å². The lowest BCUT2D eigenvalue weighted by molar-refractivity contribution is -0.123. The number of hydrogen-bond donors (Lipinski definition) is 2. The van der Waals surface area contributed by atoms with Crippen LogP contribution in [0.1, 0.15) is 52.1 Å². The largest absolute Gasteiger partial charge is 0.497 e. The van der Waals surface area contributed by atoms with Gasteiger partial charge in [-0.1, -0.05) is 25.5 Å². The highest BCUT2D eigenvalue weighted by Crippen LogP contribution is 2.17. The maximum Gasteiger partial charge on any atom is 0.237 e. The molecule has 0 aliphatic carbocycles. The normalized spacial score (nSPS) is 15.1. The van der Waals surface area contributed by atoms with Crippen molar-refractivity contribution in [2.24, 2.45) is 0 Å². The molecule has 1 rings (SSSR count). The number of rotatable bonds is 8. The van der Waals surface area contributed by atoms with Gasteiger partial charge in [0.25, 0.3) is 0 Å². The predicted molar refractivity (Wildman–Crippen MR) is 86.5 cm³/mol. The van der Waals surface area contributed by atoms with Gasteiger partial charge in [-0.25, -0.2) is 0 Å². The molecule has 1 amide bonds. The van der Waals surface area contributed by atoms with E-state index in [4.69, 9.17) is 4.74 Å². The molecule has 1 aromatic carbocycles. The zero-order valence-electron chi connectivity index (χ0n) is 13.8. The molecule has 3 atom stereocenters. The molecule has 21 heavy (non-hydrogen) atoms. The molecular weight excluding hydrogens is 264 g/mol. The van der Waals surface area contributed by atoms with Crippen molar-refractivity contribution in [2.75, 3.05) is 7.11 Å². The van der Waals surface area contributed by atoms with Crippen LogP contribution in [0.5, 0.6) is 5.75 Å². The maximum atomic E-state index is 12.1. The zero-order valence-corrected chi connectivity index (χ0v) is 13.8. The van der Waals surface area contributed by atoms with Crippen molar-refractivity contribution in [3.8, 4) is 5.75 Å². The molecule has 0 saturated heterocycles. The summed E-state index contributed by atoms with van der Waals surface area (Å²) >= 11 is 0.